The minimum Gasteiger partial charge on any atom is -0.393 e. The van der Waals surface area contributed by atoms with Gasteiger partial charge in [-0.05, 0) is 12.5 Å². The molecular formula is C15H20N2O3. The van der Waals surface area contributed by atoms with Crippen LogP contribution in [0.25, 0.3) is 0 Å². The molecule has 20 heavy (non-hydrogen) atoms. The van der Waals surface area contributed by atoms with Gasteiger partial charge in [-0.1, -0.05) is 30.3 Å². The van der Waals surface area contributed by atoms with Crippen molar-refractivity contribution in [3.05, 3.63) is 35.9 Å². The summed E-state index contributed by atoms with van der Waals surface area (Å²) in [6.45, 7) is 3.77. The Bertz CT molecular complexity index is 493. The topological polar surface area (TPSA) is 53.0 Å². The lowest BCUT2D eigenvalue weighted by atomic mass is 9.97. The van der Waals surface area contributed by atoms with Crippen LogP contribution in [0.5, 0.6) is 0 Å². The molecule has 2 saturated heterocycles. The van der Waals surface area contributed by atoms with Crippen LogP contribution < -0.4 is 0 Å². The molecule has 3 rings (SSSR count). The molecule has 2 heterocycles. The van der Waals surface area contributed by atoms with Gasteiger partial charge in [0.1, 0.15) is 11.6 Å². The number of aliphatic hydroxyl groups is 1. The number of benzene rings is 1. The Kier molecular flexibility index (Phi) is 3.50. The first-order chi connectivity index (χ1) is 9.61. The summed E-state index contributed by atoms with van der Waals surface area (Å²) >= 11 is 0. The number of amides is 1. The molecule has 2 aliphatic rings. The largest absolute Gasteiger partial charge is 0.393 e. The van der Waals surface area contributed by atoms with E-state index in [0.29, 0.717) is 26.1 Å². The molecular weight excluding hydrogens is 256 g/mol. The van der Waals surface area contributed by atoms with Gasteiger partial charge < -0.3 is 10.0 Å². The van der Waals surface area contributed by atoms with Crippen molar-refractivity contribution in [1.82, 2.24) is 9.96 Å². The van der Waals surface area contributed by atoms with Crippen molar-refractivity contribution in [3.8, 4) is 0 Å². The van der Waals surface area contributed by atoms with E-state index >= 15 is 0 Å². The van der Waals surface area contributed by atoms with Crippen molar-refractivity contribution >= 4 is 5.91 Å². The van der Waals surface area contributed by atoms with E-state index in [1.807, 2.05) is 42.2 Å². The summed E-state index contributed by atoms with van der Waals surface area (Å²) in [6.07, 6.45) is 0.549. The van der Waals surface area contributed by atoms with Gasteiger partial charge >= 0.3 is 0 Å². The molecule has 2 fully saturated rings. The minimum atomic E-state index is -0.622. The number of nitrogens with zero attached hydrogens (tertiary/aromatic N) is 2. The van der Waals surface area contributed by atoms with E-state index < -0.39 is 5.60 Å². The number of aliphatic hydroxyl groups excluding tert-OH is 1. The predicted octanol–water partition coefficient (Wildman–Crippen LogP) is 0.786. The summed E-state index contributed by atoms with van der Waals surface area (Å²) in [5.41, 5.74) is 0.515. The van der Waals surface area contributed by atoms with Gasteiger partial charge in [-0.2, -0.15) is 5.06 Å². The number of carbonyl (C=O) groups is 1. The van der Waals surface area contributed by atoms with Gasteiger partial charge in [0.25, 0.3) is 0 Å². The van der Waals surface area contributed by atoms with Gasteiger partial charge in [-0.25, -0.2) is 0 Å². The normalized spacial score (nSPS) is 30.6. The molecule has 108 valence electrons. The maximum Gasteiger partial charge on any atom is 0.242 e. The highest BCUT2D eigenvalue weighted by Crippen LogP contribution is 2.33. The van der Waals surface area contributed by atoms with Crippen molar-refractivity contribution in [1.29, 1.82) is 0 Å². The molecule has 0 bridgehead atoms. The zero-order chi connectivity index (χ0) is 14.2. The van der Waals surface area contributed by atoms with Crippen LogP contribution in [0.15, 0.2) is 30.3 Å². The Balaban J connectivity index is 1.70. The lowest BCUT2D eigenvalue weighted by molar-refractivity contribution is -0.220. The third-order valence-corrected chi connectivity index (χ3v) is 4.05. The molecule has 5 heteroatoms. The smallest absolute Gasteiger partial charge is 0.242 e. The number of rotatable bonds is 3. The van der Waals surface area contributed by atoms with Crippen molar-refractivity contribution in [3.63, 3.8) is 0 Å². The van der Waals surface area contributed by atoms with Crippen molar-refractivity contribution < 1.29 is 14.7 Å². The fraction of sp³-hybridized carbons (Fsp3) is 0.533. The van der Waals surface area contributed by atoms with Crippen LogP contribution in [-0.4, -0.2) is 52.3 Å². The van der Waals surface area contributed by atoms with Crippen LogP contribution in [0.1, 0.15) is 18.9 Å². The number of hydrogen-bond acceptors (Lipinski definition) is 4. The number of hydrogen-bond donors (Lipinski definition) is 1. The second-order valence-corrected chi connectivity index (χ2v) is 5.81. The van der Waals surface area contributed by atoms with E-state index in [1.165, 1.54) is 0 Å². The van der Waals surface area contributed by atoms with Crippen LogP contribution in [0, 0.1) is 0 Å². The van der Waals surface area contributed by atoms with Crippen LogP contribution in [-0.2, 0) is 16.2 Å². The number of fused-ring (bicyclic) bond motifs is 1. The SMILES string of the molecule is C[C@]1(CO)C[C@H]2C(=O)N(Cc3ccccc3)CCN2O1. The molecule has 1 aromatic carbocycles. The lowest BCUT2D eigenvalue weighted by Gasteiger charge is -2.35. The van der Waals surface area contributed by atoms with Gasteiger partial charge in [-0.3, -0.25) is 9.63 Å². The zero-order valence-electron chi connectivity index (χ0n) is 11.7. The highest BCUT2D eigenvalue weighted by Gasteiger charge is 2.48. The molecule has 2 aliphatic heterocycles. The Hall–Kier alpha value is -1.43. The Morgan fingerprint density at radius 3 is 2.80 bits per heavy atom. The highest BCUT2D eigenvalue weighted by atomic mass is 16.7. The predicted molar refractivity (Wildman–Crippen MR) is 73.5 cm³/mol. The van der Waals surface area contributed by atoms with Crippen LogP contribution in [0.4, 0.5) is 0 Å². The first kappa shape index (κ1) is 13.5. The van der Waals surface area contributed by atoms with E-state index in [4.69, 9.17) is 4.84 Å². The van der Waals surface area contributed by atoms with Gasteiger partial charge in [0, 0.05) is 26.1 Å². The van der Waals surface area contributed by atoms with E-state index in [-0.39, 0.29) is 18.6 Å². The minimum absolute atomic E-state index is 0.0635. The van der Waals surface area contributed by atoms with E-state index in [1.54, 1.807) is 5.06 Å². The molecule has 0 aromatic heterocycles. The van der Waals surface area contributed by atoms with Crippen LogP contribution in [0.2, 0.25) is 0 Å². The van der Waals surface area contributed by atoms with Crippen molar-refractivity contribution in [2.75, 3.05) is 19.7 Å². The molecule has 0 saturated carbocycles. The Labute approximate surface area is 118 Å². The summed E-state index contributed by atoms with van der Waals surface area (Å²) < 4.78 is 0. The Morgan fingerprint density at radius 1 is 1.35 bits per heavy atom. The maximum absolute atomic E-state index is 12.5. The molecule has 1 aromatic rings. The molecule has 1 amide bonds. The van der Waals surface area contributed by atoms with Crippen LogP contribution in [0.3, 0.4) is 0 Å². The summed E-state index contributed by atoms with van der Waals surface area (Å²) in [6, 6.07) is 9.74. The summed E-state index contributed by atoms with van der Waals surface area (Å²) in [4.78, 5) is 20.1. The van der Waals surface area contributed by atoms with Gasteiger partial charge in [0.05, 0.1) is 6.61 Å². The summed E-state index contributed by atoms with van der Waals surface area (Å²) in [7, 11) is 0. The summed E-state index contributed by atoms with van der Waals surface area (Å²) in [5.74, 6) is 0.0947. The monoisotopic (exact) mass is 276 g/mol. The van der Waals surface area contributed by atoms with E-state index in [2.05, 4.69) is 0 Å². The first-order valence-corrected chi connectivity index (χ1v) is 7.01. The molecule has 0 unspecified atom stereocenters. The third-order valence-electron chi connectivity index (χ3n) is 4.05. The number of hydroxylamine groups is 2. The second-order valence-electron chi connectivity index (χ2n) is 5.81. The van der Waals surface area contributed by atoms with Gasteiger partial charge in [-0.15, -0.1) is 0 Å². The van der Waals surface area contributed by atoms with Crippen molar-refractivity contribution in [2.45, 2.75) is 31.5 Å². The number of piperazine rings is 1. The van der Waals surface area contributed by atoms with E-state index in [0.717, 1.165) is 5.56 Å². The lowest BCUT2D eigenvalue weighted by Crippen LogP contribution is -2.53. The maximum atomic E-state index is 12.5. The molecule has 5 nitrogen and oxygen atoms in total. The van der Waals surface area contributed by atoms with Gasteiger partial charge in [0.2, 0.25) is 5.91 Å². The average Bonchev–Trinajstić information content (AvgIpc) is 2.82. The van der Waals surface area contributed by atoms with Crippen molar-refractivity contribution in [2.24, 2.45) is 0 Å². The molecule has 0 spiro atoms. The van der Waals surface area contributed by atoms with Gasteiger partial charge in [0.15, 0.2) is 0 Å². The Morgan fingerprint density at radius 2 is 2.10 bits per heavy atom. The molecule has 1 N–H and O–H groups in total. The fourth-order valence-electron chi connectivity index (χ4n) is 2.90. The molecule has 2 atom stereocenters. The molecule has 0 aliphatic carbocycles. The molecule has 0 radical (unpaired) electrons. The van der Waals surface area contributed by atoms with Crippen LogP contribution >= 0.6 is 0 Å². The zero-order valence-corrected chi connectivity index (χ0v) is 11.7. The fourth-order valence-corrected chi connectivity index (χ4v) is 2.90. The summed E-state index contributed by atoms with van der Waals surface area (Å²) in [5, 5.41) is 11.1. The highest BCUT2D eigenvalue weighted by molar-refractivity contribution is 5.83. The standard InChI is InChI=1S/C15H20N2O3/c1-15(11-18)9-13-14(19)16(7-8-17(13)20-15)10-12-5-3-2-4-6-12/h2-6,13,18H,7-11H2,1H3/t13-,15+/m0/s1. The first-order valence-electron chi connectivity index (χ1n) is 7.01. The average molecular weight is 276 g/mol. The number of carbonyl (C=O) groups excluding carboxylic acids is 1. The quantitative estimate of drug-likeness (QED) is 0.886. The third kappa shape index (κ3) is 2.44. The second kappa shape index (κ2) is 5.16. The van der Waals surface area contributed by atoms with E-state index in [9.17, 15) is 9.90 Å².